The molecule has 1 aromatic heterocycles. The van der Waals surface area contributed by atoms with Crippen molar-refractivity contribution in [2.24, 2.45) is 0 Å². The topological polar surface area (TPSA) is 64.0 Å². The molecule has 28 heavy (non-hydrogen) atoms. The normalized spacial score (nSPS) is 10.7. The molecule has 0 bridgehead atoms. The number of anilines is 1. The smallest absolute Gasteiger partial charge is 0.266 e. The Balaban J connectivity index is 1.62. The van der Waals surface area contributed by atoms with Gasteiger partial charge < -0.3 is 5.32 Å². The Hall–Kier alpha value is -2.87. The van der Waals surface area contributed by atoms with E-state index in [1.54, 1.807) is 6.07 Å². The van der Waals surface area contributed by atoms with Crippen LogP contribution in [0.5, 0.6) is 0 Å². The Bertz CT molecular complexity index is 1050. The maximum atomic E-state index is 13.6. The zero-order valence-corrected chi connectivity index (χ0v) is 16.2. The Labute approximate surface area is 168 Å². The molecular formula is C20H16BrF2N3O2. The number of halogens is 3. The summed E-state index contributed by atoms with van der Waals surface area (Å²) in [6, 6.07) is 13.4. The summed E-state index contributed by atoms with van der Waals surface area (Å²) in [6.07, 6.45) is 0.353. The molecule has 1 N–H and O–H groups in total. The van der Waals surface area contributed by atoms with Gasteiger partial charge in [-0.1, -0.05) is 28.1 Å². The number of aryl methyl sites for hydroxylation is 1. The molecule has 5 nitrogen and oxygen atoms in total. The van der Waals surface area contributed by atoms with Gasteiger partial charge in [-0.3, -0.25) is 9.59 Å². The van der Waals surface area contributed by atoms with Gasteiger partial charge in [0.15, 0.2) is 0 Å². The van der Waals surface area contributed by atoms with E-state index in [-0.39, 0.29) is 24.2 Å². The van der Waals surface area contributed by atoms with Crippen LogP contribution in [0, 0.1) is 11.6 Å². The quantitative estimate of drug-likeness (QED) is 0.609. The Morgan fingerprint density at radius 1 is 1.07 bits per heavy atom. The fourth-order valence-corrected chi connectivity index (χ4v) is 2.84. The number of benzene rings is 2. The van der Waals surface area contributed by atoms with Crippen LogP contribution in [-0.2, 0) is 11.3 Å². The zero-order valence-electron chi connectivity index (χ0n) is 14.7. The molecule has 0 fully saturated rings. The lowest BCUT2D eigenvalue weighted by atomic mass is 10.1. The van der Waals surface area contributed by atoms with Crippen LogP contribution in [-0.4, -0.2) is 15.7 Å². The number of nitrogens with one attached hydrogen (secondary N) is 1. The van der Waals surface area contributed by atoms with Gasteiger partial charge in [0.05, 0.1) is 11.4 Å². The van der Waals surface area contributed by atoms with Gasteiger partial charge in [-0.15, -0.1) is 0 Å². The molecule has 0 aliphatic heterocycles. The zero-order chi connectivity index (χ0) is 20.1. The molecule has 0 aliphatic carbocycles. The molecule has 0 atom stereocenters. The minimum Gasteiger partial charge on any atom is -0.324 e. The van der Waals surface area contributed by atoms with Crippen LogP contribution in [0.25, 0.3) is 11.3 Å². The lowest BCUT2D eigenvalue weighted by molar-refractivity contribution is -0.116. The van der Waals surface area contributed by atoms with Crippen molar-refractivity contribution in [3.8, 4) is 11.3 Å². The Morgan fingerprint density at radius 3 is 2.57 bits per heavy atom. The summed E-state index contributed by atoms with van der Waals surface area (Å²) in [7, 11) is 0. The number of carbonyl (C=O) groups excluding carboxylic acids is 1. The van der Waals surface area contributed by atoms with Crippen molar-refractivity contribution in [3.63, 3.8) is 0 Å². The van der Waals surface area contributed by atoms with Crippen molar-refractivity contribution in [2.45, 2.75) is 19.4 Å². The second kappa shape index (κ2) is 8.88. The molecule has 0 saturated carbocycles. The largest absolute Gasteiger partial charge is 0.324 e. The second-order valence-electron chi connectivity index (χ2n) is 6.06. The number of hydrogen-bond acceptors (Lipinski definition) is 3. The Kier molecular flexibility index (Phi) is 6.30. The van der Waals surface area contributed by atoms with Gasteiger partial charge in [0.2, 0.25) is 5.91 Å². The highest BCUT2D eigenvalue weighted by Crippen LogP contribution is 2.19. The first kappa shape index (κ1) is 19.9. The summed E-state index contributed by atoms with van der Waals surface area (Å²) in [4.78, 5) is 24.0. The number of aromatic nitrogens is 2. The summed E-state index contributed by atoms with van der Waals surface area (Å²) in [5.74, 6) is -1.83. The maximum Gasteiger partial charge on any atom is 0.266 e. The van der Waals surface area contributed by atoms with E-state index < -0.39 is 17.5 Å². The molecular weight excluding hydrogens is 432 g/mol. The average molecular weight is 448 g/mol. The number of rotatable bonds is 6. The fourth-order valence-electron chi connectivity index (χ4n) is 2.58. The van der Waals surface area contributed by atoms with Crippen molar-refractivity contribution >= 4 is 27.5 Å². The Morgan fingerprint density at radius 2 is 1.82 bits per heavy atom. The van der Waals surface area contributed by atoms with E-state index in [0.717, 1.165) is 28.2 Å². The molecule has 1 amide bonds. The lowest BCUT2D eigenvalue weighted by Gasteiger charge is -2.08. The van der Waals surface area contributed by atoms with Crippen LogP contribution in [0.1, 0.15) is 12.8 Å². The number of amides is 1. The highest BCUT2D eigenvalue weighted by molar-refractivity contribution is 9.10. The molecule has 0 aliphatic rings. The molecule has 0 radical (unpaired) electrons. The highest BCUT2D eigenvalue weighted by Gasteiger charge is 2.09. The summed E-state index contributed by atoms with van der Waals surface area (Å²) in [5, 5.41) is 6.65. The molecule has 2 aromatic carbocycles. The van der Waals surface area contributed by atoms with E-state index in [1.165, 1.54) is 10.7 Å². The van der Waals surface area contributed by atoms with Crippen LogP contribution in [0.3, 0.4) is 0 Å². The first-order chi connectivity index (χ1) is 13.4. The monoisotopic (exact) mass is 447 g/mol. The van der Waals surface area contributed by atoms with Crippen LogP contribution < -0.4 is 10.9 Å². The van der Waals surface area contributed by atoms with Crippen LogP contribution in [0.4, 0.5) is 14.5 Å². The summed E-state index contributed by atoms with van der Waals surface area (Å²) < 4.78 is 28.9. The third-order valence-electron chi connectivity index (χ3n) is 3.98. The van der Waals surface area contributed by atoms with E-state index in [9.17, 15) is 18.4 Å². The van der Waals surface area contributed by atoms with Gasteiger partial charge in [-0.2, -0.15) is 5.10 Å². The van der Waals surface area contributed by atoms with E-state index in [2.05, 4.69) is 26.3 Å². The summed E-state index contributed by atoms with van der Waals surface area (Å²) in [5.41, 5.74) is 1.00. The van der Waals surface area contributed by atoms with E-state index in [1.807, 2.05) is 24.3 Å². The first-order valence-electron chi connectivity index (χ1n) is 8.51. The van der Waals surface area contributed by atoms with E-state index in [0.29, 0.717) is 12.1 Å². The van der Waals surface area contributed by atoms with Crippen molar-refractivity contribution < 1.29 is 13.6 Å². The molecule has 3 aromatic rings. The van der Waals surface area contributed by atoms with Crippen LogP contribution in [0.15, 0.2) is 63.9 Å². The summed E-state index contributed by atoms with van der Waals surface area (Å²) >= 11 is 3.37. The van der Waals surface area contributed by atoms with Gasteiger partial charge >= 0.3 is 0 Å². The third-order valence-corrected chi connectivity index (χ3v) is 4.51. The maximum absolute atomic E-state index is 13.6. The van der Waals surface area contributed by atoms with Crippen molar-refractivity contribution in [1.82, 2.24) is 9.78 Å². The summed E-state index contributed by atoms with van der Waals surface area (Å²) in [6.45, 7) is 0.224. The van der Waals surface area contributed by atoms with Gasteiger partial charge in [-0.05, 0) is 36.8 Å². The second-order valence-corrected chi connectivity index (χ2v) is 6.98. The van der Waals surface area contributed by atoms with Gasteiger partial charge in [0, 0.05) is 35.1 Å². The fraction of sp³-hybridized carbons (Fsp3) is 0.150. The predicted molar refractivity (Wildman–Crippen MR) is 106 cm³/mol. The van der Waals surface area contributed by atoms with Crippen molar-refractivity contribution in [1.29, 1.82) is 0 Å². The van der Waals surface area contributed by atoms with Crippen molar-refractivity contribution in [3.05, 3.63) is 81.1 Å². The van der Waals surface area contributed by atoms with E-state index in [4.69, 9.17) is 0 Å². The standard InChI is InChI=1S/C20H16BrF2N3O2/c21-14-5-3-13(4-6-14)17-9-10-20(28)26(25-17)11-1-2-19(27)24-18-12-15(22)7-8-16(18)23/h3-10,12H,1-2,11H2,(H,24,27). The molecule has 144 valence electrons. The van der Waals surface area contributed by atoms with Crippen molar-refractivity contribution in [2.75, 3.05) is 5.32 Å². The predicted octanol–water partition coefficient (Wildman–Crippen LogP) is 4.37. The molecule has 0 spiro atoms. The highest BCUT2D eigenvalue weighted by atomic mass is 79.9. The molecule has 1 heterocycles. The first-order valence-corrected chi connectivity index (χ1v) is 9.31. The minimum absolute atomic E-state index is 0.0343. The molecule has 8 heteroatoms. The molecule has 3 rings (SSSR count). The SMILES string of the molecule is O=C(CCCn1nc(-c2ccc(Br)cc2)ccc1=O)Nc1cc(F)ccc1F. The number of nitrogens with zero attached hydrogens (tertiary/aromatic N) is 2. The van der Waals surface area contributed by atoms with Gasteiger partial charge in [0.25, 0.3) is 5.56 Å². The van der Waals surface area contributed by atoms with Crippen LogP contribution >= 0.6 is 15.9 Å². The van der Waals surface area contributed by atoms with E-state index >= 15 is 0 Å². The average Bonchev–Trinajstić information content (AvgIpc) is 2.67. The van der Waals surface area contributed by atoms with Gasteiger partial charge in [-0.25, -0.2) is 13.5 Å². The number of carbonyl (C=O) groups is 1. The molecule has 0 unspecified atom stereocenters. The minimum atomic E-state index is -0.713. The van der Waals surface area contributed by atoms with Crippen LogP contribution in [0.2, 0.25) is 0 Å². The van der Waals surface area contributed by atoms with Gasteiger partial charge in [0.1, 0.15) is 11.6 Å². The third kappa shape index (κ3) is 5.10. The lowest BCUT2D eigenvalue weighted by Crippen LogP contribution is -2.23. The number of hydrogen-bond donors (Lipinski definition) is 1. The molecule has 0 saturated heterocycles.